The van der Waals surface area contributed by atoms with Crippen LogP contribution in [0.1, 0.15) is 6.92 Å². The van der Waals surface area contributed by atoms with Gasteiger partial charge in [0, 0.05) is 5.70 Å². The predicted molar refractivity (Wildman–Crippen MR) is 67.0 cm³/mol. The molecule has 0 aliphatic rings. The Bertz CT molecular complexity index is 442. The summed E-state index contributed by atoms with van der Waals surface area (Å²) in [6.07, 6.45) is 0. The van der Waals surface area contributed by atoms with Gasteiger partial charge in [-0.05, 0) is 19.1 Å². The largest absolute Gasteiger partial charge is 0.488 e. The third-order valence-electron chi connectivity index (χ3n) is 1.90. The second-order valence-corrected chi connectivity index (χ2v) is 3.69. The highest BCUT2D eigenvalue weighted by atomic mass is 32.1. The van der Waals surface area contributed by atoms with Crippen molar-refractivity contribution in [3.05, 3.63) is 41.6 Å². The summed E-state index contributed by atoms with van der Waals surface area (Å²) in [5.41, 5.74) is 6.28. The molecule has 0 atom stereocenters. The van der Waals surface area contributed by atoms with Gasteiger partial charge in [0.05, 0.1) is 10.4 Å². The second-order valence-electron chi connectivity index (χ2n) is 3.19. The Morgan fingerprint density at radius 3 is 2.56 bits per heavy atom. The Hall–Kier alpha value is -1.86. The molecule has 0 bridgehead atoms. The molecule has 0 aliphatic heterocycles. The highest BCUT2D eigenvalue weighted by Gasteiger charge is 2.07. The first-order valence-corrected chi connectivity index (χ1v) is 5.13. The molecule has 0 radical (unpaired) electrons. The van der Waals surface area contributed by atoms with Crippen LogP contribution >= 0.6 is 12.2 Å². The van der Waals surface area contributed by atoms with E-state index < -0.39 is 0 Å². The molecule has 4 heteroatoms. The van der Waals surface area contributed by atoms with Gasteiger partial charge in [0.15, 0.2) is 0 Å². The molecular weight excluding hydrogens is 220 g/mol. The van der Waals surface area contributed by atoms with E-state index in [1.807, 2.05) is 36.4 Å². The van der Waals surface area contributed by atoms with Crippen LogP contribution in [0.5, 0.6) is 5.75 Å². The number of rotatable bonds is 4. The van der Waals surface area contributed by atoms with Crippen molar-refractivity contribution in [1.82, 2.24) is 0 Å². The first kappa shape index (κ1) is 12.2. The zero-order valence-corrected chi connectivity index (χ0v) is 9.75. The van der Waals surface area contributed by atoms with Gasteiger partial charge in [-0.3, -0.25) is 0 Å². The molecule has 3 nitrogen and oxygen atoms in total. The van der Waals surface area contributed by atoms with Gasteiger partial charge < -0.3 is 10.5 Å². The normalized spacial score (nSPS) is 11.2. The van der Waals surface area contributed by atoms with Gasteiger partial charge in [-0.1, -0.05) is 30.4 Å². The Balaban J connectivity index is 2.61. The zero-order chi connectivity index (χ0) is 12.0. The first-order chi connectivity index (χ1) is 7.65. The van der Waals surface area contributed by atoms with Gasteiger partial charge in [0.1, 0.15) is 18.4 Å². The average molecular weight is 232 g/mol. The van der Waals surface area contributed by atoms with Gasteiger partial charge in [-0.25, -0.2) is 0 Å². The molecule has 0 saturated carbocycles. The number of ether oxygens (including phenoxy) is 1. The van der Waals surface area contributed by atoms with Crippen molar-refractivity contribution < 1.29 is 4.74 Å². The predicted octanol–water partition coefficient (Wildman–Crippen LogP) is 2.19. The molecule has 0 fully saturated rings. The van der Waals surface area contributed by atoms with E-state index in [2.05, 4.69) is 0 Å². The highest BCUT2D eigenvalue weighted by molar-refractivity contribution is 7.81. The molecular formula is C12H12N2OS. The Morgan fingerprint density at radius 1 is 1.44 bits per heavy atom. The number of nitriles is 1. The molecule has 16 heavy (non-hydrogen) atoms. The fraction of sp³-hybridized carbons (Fsp3) is 0.167. The number of para-hydroxylation sites is 1. The first-order valence-electron chi connectivity index (χ1n) is 4.72. The summed E-state index contributed by atoms with van der Waals surface area (Å²) in [5, 5.41) is 8.83. The molecule has 1 aromatic rings. The number of nitrogens with two attached hydrogens (primary N) is 1. The van der Waals surface area contributed by atoms with Gasteiger partial charge in [-0.15, -0.1) is 0 Å². The van der Waals surface area contributed by atoms with Gasteiger partial charge in [0.2, 0.25) is 0 Å². The SMILES string of the molecule is C/C(N)=C(\C#N)C(=S)COc1ccccc1. The topological polar surface area (TPSA) is 59.0 Å². The van der Waals surface area contributed by atoms with Crippen LogP contribution in [-0.2, 0) is 0 Å². The zero-order valence-electron chi connectivity index (χ0n) is 8.93. The number of nitrogens with zero attached hydrogens (tertiary/aromatic N) is 1. The Morgan fingerprint density at radius 2 is 2.06 bits per heavy atom. The van der Waals surface area contributed by atoms with Crippen LogP contribution in [0.25, 0.3) is 0 Å². The van der Waals surface area contributed by atoms with Gasteiger partial charge >= 0.3 is 0 Å². The summed E-state index contributed by atoms with van der Waals surface area (Å²) in [5.74, 6) is 0.719. The number of thiocarbonyl (C=S) groups is 1. The quantitative estimate of drug-likeness (QED) is 0.491. The van der Waals surface area contributed by atoms with Crippen LogP contribution < -0.4 is 10.5 Å². The number of hydrogen-bond acceptors (Lipinski definition) is 4. The van der Waals surface area contributed by atoms with E-state index in [1.165, 1.54) is 0 Å². The van der Waals surface area contributed by atoms with Crippen LogP contribution in [0.2, 0.25) is 0 Å². The molecule has 0 spiro atoms. The van der Waals surface area contributed by atoms with E-state index >= 15 is 0 Å². The second kappa shape index (κ2) is 5.89. The standard InChI is InChI=1S/C12H12N2OS/c1-9(14)11(7-13)12(16)8-15-10-5-3-2-4-6-10/h2-6H,8,14H2,1H3/b11-9-. The Labute approximate surface area is 100 Å². The fourth-order valence-corrected chi connectivity index (χ4v) is 1.37. The number of hydrogen-bond donors (Lipinski definition) is 1. The van der Waals surface area contributed by atoms with Crippen molar-refractivity contribution in [2.75, 3.05) is 6.61 Å². The Kier molecular flexibility index (Phi) is 4.49. The smallest absolute Gasteiger partial charge is 0.125 e. The van der Waals surface area contributed by atoms with E-state index in [0.29, 0.717) is 16.1 Å². The molecule has 82 valence electrons. The van der Waals surface area contributed by atoms with E-state index in [0.717, 1.165) is 5.75 Å². The lowest BCUT2D eigenvalue weighted by atomic mass is 10.2. The summed E-state index contributed by atoms with van der Waals surface area (Å²) in [7, 11) is 0. The molecule has 1 aromatic carbocycles. The van der Waals surface area contributed by atoms with Crippen molar-refractivity contribution in [2.24, 2.45) is 5.73 Å². The maximum atomic E-state index is 8.83. The molecule has 0 saturated heterocycles. The fourth-order valence-electron chi connectivity index (χ4n) is 1.11. The molecule has 0 aliphatic carbocycles. The van der Waals surface area contributed by atoms with Crippen molar-refractivity contribution in [3.63, 3.8) is 0 Å². The molecule has 0 unspecified atom stereocenters. The van der Waals surface area contributed by atoms with Gasteiger partial charge in [-0.2, -0.15) is 5.26 Å². The minimum absolute atomic E-state index is 0.191. The summed E-state index contributed by atoms with van der Waals surface area (Å²) < 4.78 is 5.42. The van der Waals surface area contributed by atoms with E-state index in [4.69, 9.17) is 28.0 Å². The minimum Gasteiger partial charge on any atom is -0.488 e. The van der Waals surface area contributed by atoms with Crippen molar-refractivity contribution in [3.8, 4) is 11.8 Å². The lowest BCUT2D eigenvalue weighted by Gasteiger charge is -2.07. The van der Waals surface area contributed by atoms with Crippen molar-refractivity contribution in [2.45, 2.75) is 6.92 Å². The van der Waals surface area contributed by atoms with Crippen LogP contribution in [-0.4, -0.2) is 11.5 Å². The lowest BCUT2D eigenvalue weighted by Crippen LogP contribution is -2.14. The maximum absolute atomic E-state index is 8.83. The summed E-state index contributed by atoms with van der Waals surface area (Å²) in [6.45, 7) is 1.84. The van der Waals surface area contributed by atoms with Crippen LogP contribution in [0.3, 0.4) is 0 Å². The third-order valence-corrected chi connectivity index (χ3v) is 2.22. The summed E-state index contributed by atoms with van der Waals surface area (Å²) >= 11 is 5.06. The minimum atomic E-state index is 0.191. The average Bonchev–Trinajstić information content (AvgIpc) is 2.28. The van der Waals surface area contributed by atoms with E-state index in [9.17, 15) is 0 Å². The molecule has 0 aromatic heterocycles. The molecule has 1 rings (SSSR count). The molecule has 2 N–H and O–H groups in total. The molecule has 0 heterocycles. The van der Waals surface area contributed by atoms with E-state index in [1.54, 1.807) is 6.92 Å². The van der Waals surface area contributed by atoms with Crippen LogP contribution in [0.15, 0.2) is 41.6 Å². The van der Waals surface area contributed by atoms with Crippen LogP contribution in [0, 0.1) is 11.3 Å². The van der Waals surface area contributed by atoms with Gasteiger partial charge in [0.25, 0.3) is 0 Å². The summed E-state index contributed by atoms with van der Waals surface area (Å²) in [6, 6.07) is 11.3. The van der Waals surface area contributed by atoms with Crippen molar-refractivity contribution >= 4 is 17.1 Å². The van der Waals surface area contributed by atoms with E-state index in [-0.39, 0.29) is 6.61 Å². The number of benzene rings is 1. The van der Waals surface area contributed by atoms with Crippen molar-refractivity contribution in [1.29, 1.82) is 5.26 Å². The maximum Gasteiger partial charge on any atom is 0.125 e. The summed E-state index contributed by atoms with van der Waals surface area (Å²) in [4.78, 5) is 0.423. The monoisotopic (exact) mass is 232 g/mol. The molecule has 0 amide bonds. The lowest BCUT2D eigenvalue weighted by molar-refractivity contribution is 0.379. The highest BCUT2D eigenvalue weighted by Crippen LogP contribution is 2.10. The third kappa shape index (κ3) is 3.37. The number of allylic oxidation sites excluding steroid dienone is 1. The van der Waals surface area contributed by atoms with Crippen LogP contribution in [0.4, 0.5) is 0 Å².